The molecule has 0 spiro atoms. The number of aryl methyl sites for hydroxylation is 3. The van der Waals surface area contributed by atoms with Crippen LogP contribution in [0.3, 0.4) is 0 Å². The lowest BCUT2D eigenvalue weighted by atomic mass is 10.1. The van der Waals surface area contributed by atoms with Crippen LogP contribution in [0.1, 0.15) is 34.2 Å². The Morgan fingerprint density at radius 1 is 0.875 bits per heavy atom. The van der Waals surface area contributed by atoms with Crippen molar-refractivity contribution in [3.05, 3.63) is 89.7 Å². The molecule has 2 N–H and O–H groups in total. The van der Waals surface area contributed by atoms with Gasteiger partial charge >= 0.3 is 0 Å². The molecule has 4 rings (SSSR count). The smallest absolute Gasteiger partial charge is 0.273 e. The summed E-state index contributed by atoms with van der Waals surface area (Å²) in [5.41, 5.74) is 7.79. The molecular formula is C25H23N3O4. The summed E-state index contributed by atoms with van der Waals surface area (Å²) in [6.07, 6.45) is 0.394. The monoisotopic (exact) mass is 429 g/mol. The molecule has 0 saturated carbocycles. The molecule has 2 aromatic heterocycles. The van der Waals surface area contributed by atoms with Crippen molar-refractivity contribution in [1.82, 2.24) is 15.8 Å². The fourth-order valence-electron chi connectivity index (χ4n) is 3.38. The van der Waals surface area contributed by atoms with E-state index in [4.69, 9.17) is 8.83 Å². The van der Waals surface area contributed by atoms with Crippen LogP contribution in [0.2, 0.25) is 0 Å². The Morgan fingerprint density at radius 2 is 1.53 bits per heavy atom. The van der Waals surface area contributed by atoms with Crippen LogP contribution in [0.5, 0.6) is 0 Å². The van der Waals surface area contributed by atoms with Crippen LogP contribution in [-0.2, 0) is 11.2 Å². The number of nitrogens with zero attached hydrogens (tertiary/aromatic N) is 1. The van der Waals surface area contributed by atoms with Gasteiger partial charge in [0.2, 0.25) is 5.91 Å². The normalized spacial score (nSPS) is 10.7. The van der Waals surface area contributed by atoms with Crippen LogP contribution >= 0.6 is 0 Å². The molecule has 0 bridgehead atoms. The van der Waals surface area contributed by atoms with Crippen molar-refractivity contribution >= 4 is 11.8 Å². The lowest BCUT2D eigenvalue weighted by Gasteiger charge is -2.05. The van der Waals surface area contributed by atoms with Crippen LogP contribution in [0, 0.1) is 13.8 Å². The Hall–Kier alpha value is -4.13. The molecule has 2 amide bonds. The summed E-state index contributed by atoms with van der Waals surface area (Å²) in [5, 5.41) is 0. The fraction of sp³-hybridized carbons (Fsp3) is 0.160. The summed E-state index contributed by atoms with van der Waals surface area (Å²) in [7, 11) is 0. The van der Waals surface area contributed by atoms with Gasteiger partial charge in [-0.3, -0.25) is 20.4 Å². The molecule has 7 nitrogen and oxygen atoms in total. The summed E-state index contributed by atoms with van der Waals surface area (Å²) >= 11 is 0. The van der Waals surface area contributed by atoms with Gasteiger partial charge in [0, 0.05) is 24.0 Å². The number of nitrogens with one attached hydrogen (secondary N) is 2. The number of amides is 2. The zero-order valence-electron chi connectivity index (χ0n) is 17.8. The summed E-state index contributed by atoms with van der Waals surface area (Å²) in [5.74, 6) is 1.46. The van der Waals surface area contributed by atoms with Crippen LogP contribution in [-0.4, -0.2) is 16.8 Å². The van der Waals surface area contributed by atoms with Crippen LogP contribution < -0.4 is 10.9 Å². The minimum atomic E-state index is -0.429. The molecule has 0 atom stereocenters. The third kappa shape index (κ3) is 4.78. The molecule has 2 aromatic carbocycles. The van der Waals surface area contributed by atoms with Crippen LogP contribution in [0.15, 0.2) is 75.6 Å². The van der Waals surface area contributed by atoms with Crippen LogP contribution in [0.25, 0.3) is 22.6 Å². The number of carbonyl (C=O) groups excluding carboxylic acids is 2. The number of benzene rings is 2. The lowest BCUT2D eigenvalue weighted by molar-refractivity contribution is -0.121. The van der Waals surface area contributed by atoms with E-state index < -0.39 is 5.91 Å². The Balaban J connectivity index is 1.43. The molecular weight excluding hydrogens is 406 g/mol. The fourth-order valence-corrected chi connectivity index (χ4v) is 3.38. The summed E-state index contributed by atoms with van der Waals surface area (Å²) < 4.78 is 11.4. The number of rotatable bonds is 6. The number of carbonyl (C=O) groups is 2. The predicted octanol–water partition coefficient (Wildman–Crippen LogP) is 4.61. The molecule has 162 valence electrons. The summed E-state index contributed by atoms with van der Waals surface area (Å²) in [4.78, 5) is 29.1. The van der Waals surface area contributed by atoms with Gasteiger partial charge in [-0.15, -0.1) is 0 Å². The van der Waals surface area contributed by atoms with E-state index in [2.05, 4.69) is 15.8 Å². The number of furan rings is 1. The molecule has 0 unspecified atom stereocenters. The highest BCUT2D eigenvalue weighted by Crippen LogP contribution is 2.32. The zero-order chi connectivity index (χ0) is 22.5. The molecule has 0 aliphatic rings. The largest absolute Gasteiger partial charge is 0.466 e. The number of hydrazine groups is 1. The van der Waals surface area contributed by atoms with Crippen molar-refractivity contribution in [2.45, 2.75) is 26.7 Å². The molecule has 4 aromatic rings. The van der Waals surface area contributed by atoms with Gasteiger partial charge in [0.05, 0.1) is 5.56 Å². The van der Waals surface area contributed by atoms with E-state index in [1.54, 1.807) is 19.9 Å². The van der Waals surface area contributed by atoms with Gasteiger partial charge in [-0.2, -0.15) is 0 Å². The highest BCUT2D eigenvalue weighted by molar-refractivity contribution is 5.96. The molecule has 32 heavy (non-hydrogen) atoms. The Kier molecular flexibility index (Phi) is 6.17. The summed E-state index contributed by atoms with van der Waals surface area (Å²) in [6.45, 7) is 3.45. The second-order valence-corrected chi connectivity index (χ2v) is 7.35. The van der Waals surface area contributed by atoms with Crippen molar-refractivity contribution in [1.29, 1.82) is 0 Å². The molecule has 0 fully saturated rings. The van der Waals surface area contributed by atoms with Crippen molar-refractivity contribution in [2.75, 3.05) is 0 Å². The number of aromatic nitrogens is 1. The maximum atomic E-state index is 12.3. The van der Waals surface area contributed by atoms with Gasteiger partial charge in [0.15, 0.2) is 11.7 Å². The van der Waals surface area contributed by atoms with Crippen molar-refractivity contribution in [2.24, 2.45) is 0 Å². The van der Waals surface area contributed by atoms with E-state index in [9.17, 15) is 9.59 Å². The lowest BCUT2D eigenvalue weighted by Crippen LogP contribution is -2.41. The third-order valence-corrected chi connectivity index (χ3v) is 4.92. The first kappa shape index (κ1) is 21.1. The first-order valence-corrected chi connectivity index (χ1v) is 10.3. The SMILES string of the molecule is Cc1cc(C(=O)NNC(=O)CCc2nc(-c3ccccc3)c(-c3ccccc3)o2)c(C)o1. The van der Waals surface area contributed by atoms with Gasteiger partial charge in [-0.25, -0.2) is 4.98 Å². The highest BCUT2D eigenvalue weighted by Gasteiger charge is 2.18. The average Bonchev–Trinajstić information content (AvgIpc) is 3.40. The maximum Gasteiger partial charge on any atom is 0.273 e. The van der Waals surface area contributed by atoms with Crippen molar-refractivity contribution in [3.63, 3.8) is 0 Å². The van der Waals surface area contributed by atoms with Gasteiger partial charge < -0.3 is 8.83 Å². The quantitative estimate of drug-likeness (QED) is 0.436. The topological polar surface area (TPSA) is 97.4 Å². The molecule has 0 radical (unpaired) electrons. The standard InChI is InChI=1S/C25H23N3O4/c1-16-15-20(17(2)31-16)25(30)28-27-21(29)13-14-22-26-23(18-9-5-3-6-10-18)24(32-22)19-11-7-4-8-12-19/h3-12,15H,13-14H2,1-2H3,(H,27,29)(H,28,30). The highest BCUT2D eigenvalue weighted by atomic mass is 16.4. The first-order valence-electron chi connectivity index (χ1n) is 10.3. The van der Waals surface area contributed by atoms with Crippen molar-refractivity contribution in [3.8, 4) is 22.6 Å². The van der Waals surface area contributed by atoms with Gasteiger partial charge in [-0.1, -0.05) is 60.7 Å². The average molecular weight is 429 g/mol. The molecule has 0 aliphatic carbocycles. The molecule has 2 heterocycles. The Labute approximate surface area is 185 Å². The molecule has 0 saturated heterocycles. The number of hydrogen-bond acceptors (Lipinski definition) is 5. The van der Waals surface area contributed by atoms with Gasteiger partial charge in [-0.05, 0) is 19.9 Å². The second-order valence-electron chi connectivity index (χ2n) is 7.35. The van der Waals surface area contributed by atoms with Gasteiger partial charge in [0.25, 0.3) is 5.91 Å². The van der Waals surface area contributed by atoms with Crippen LogP contribution in [0.4, 0.5) is 0 Å². The van der Waals surface area contributed by atoms with E-state index in [1.807, 2.05) is 60.7 Å². The Morgan fingerprint density at radius 3 is 2.16 bits per heavy atom. The van der Waals surface area contributed by atoms with E-state index in [-0.39, 0.29) is 18.7 Å². The minimum absolute atomic E-state index is 0.104. The van der Waals surface area contributed by atoms with Crippen molar-refractivity contribution < 1.29 is 18.4 Å². The zero-order valence-corrected chi connectivity index (χ0v) is 17.8. The first-order chi connectivity index (χ1) is 15.5. The second kappa shape index (κ2) is 9.34. The summed E-state index contributed by atoms with van der Waals surface area (Å²) in [6, 6.07) is 21.1. The number of hydrogen-bond donors (Lipinski definition) is 2. The maximum absolute atomic E-state index is 12.3. The van der Waals surface area contributed by atoms with E-state index in [0.29, 0.717) is 28.7 Å². The third-order valence-electron chi connectivity index (χ3n) is 4.92. The predicted molar refractivity (Wildman–Crippen MR) is 119 cm³/mol. The van der Waals surface area contributed by atoms with E-state index in [0.717, 1.165) is 16.8 Å². The Bertz CT molecular complexity index is 1170. The van der Waals surface area contributed by atoms with E-state index >= 15 is 0 Å². The molecule has 0 aliphatic heterocycles. The molecule has 7 heteroatoms. The van der Waals surface area contributed by atoms with Gasteiger partial charge in [0.1, 0.15) is 17.2 Å². The minimum Gasteiger partial charge on any atom is -0.466 e. The number of oxazole rings is 1. The van der Waals surface area contributed by atoms with E-state index in [1.165, 1.54) is 0 Å².